The molecule has 0 aliphatic carbocycles. The summed E-state index contributed by atoms with van der Waals surface area (Å²) in [5.41, 5.74) is 1.19. The summed E-state index contributed by atoms with van der Waals surface area (Å²) < 4.78 is 4.63. The van der Waals surface area contributed by atoms with Crippen LogP contribution in [0.1, 0.15) is 33.6 Å². The van der Waals surface area contributed by atoms with Crippen molar-refractivity contribution in [2.45, 2.75) is 39.7 Å². The van der Waals surface area contributed by atoms with Gasteiger partial charge in [0.05, 0.1) is 10.6 Å². The van der Waals surface area contributed by atoms with E-state index in [4.69, 9.17) is 0 Å². The van der Waals surface area contributed by atoms with Crippen LogP contribution < -0.4 is 5.32 Å². The third-order valence-corrected chi connectivity index (χ3v) is 3.17. The molecule has 7 nitrogen and oxygen atoms in total. The molecule has 1 N–H and O–H groups in total. The molecule has 0 spiro atoms. The van der Waals surface area contributed by atoms with Gasteiger partial charge in [0.1, 0.15) is 0 Å². The molecule has 1 atom stereocenters. The van der Waals surface area contributed by atoms with Gasteiger partial charge in [-0.3, -0.25) is 10.1 Å². The Morgan fingerprint density at radius 3 is 2.60 bits per heavy atom. The lowest BCUT2D eigenvalue weighted by atomic mass is 10.0. The quantitative estimate of drug-likeness (QED) is 0.643. The number of nitro benzene ring substituents is 1. The number of nitrogens with one attached hydrogen (secondary N) is 1. The van der Waals surface area contributed by atoms with Crippen LogP contribution in [0.4, 0.5) is 11.4 Å². The summed E-state index contributed by atoms with van der Waals surface area (Å²) in [4.78, 5) is 10.4. The Balaban J connectivity index is 2.21. The topological polar surface area (TPSA) is 94.1 Å². The summed E-state index contributed by atoms with van der Waals surface area (Å²) in [7, 11) is 0. The summed E-state index contributed by atoms with van der Waals surface area (Å²) in [6.07, 6.45) is 2.13. The first-order valence-electron chi connectivity index (χ1n) is 6.65. The smallest absolute Gasteiger partial charge is 0.300 e. The van der Waals surface area contributed by atoms with Crippen LogP contribution in [0, 0.1) is 16.0 Å². The van der Waals surface area contributed by atoms with Gasteiger partial charge in [-0.05, 0) is 42.1 Å². The SMILES string of the molecule is CC(C)CCC(C)Nc1ccc([N+](=O)[O-])c2nonc12. The lowest BCUT2D eigenvalue weighted by Gasteiger charge is -2.16. The van der Waals surface area contributed by atoms with Gasteiger partial charge in [-0.1, -0.05) is 13.8 Å². The summed E-state index contributed by atoms with van der Waals surface area (Å²) in [5, 5.41) is 21.6. The van der Waals surface area contributed by atoms with Gasteiger partial charge in [0.2, 0.25) is 5.52 Å². The molecular formula is C13H18N4O3. The Morgan fingerprint density at radius 1 is 1.25 bits per heavy atom. The number of non-ortho nitro benzene ring substituents is 1. The zero-order chi connectivity index (χ0) is 14.7. The molecule has 0 bridgehead atoms. The maximum Gasteiger partial charge on any atom is 0.300 e. The van der Waals surface area contributed by atoms with E-state index in [2.05, 4.69) is 41.0 Å². The third-order valence-electron chi connectivity index (χ3n) is 3.17. The lowest BCUT2D eigenvalue weighted by molar-refractivity contribution is -0.383. The number of hydrogen-bond donors (Lipinski definition) is 1. The van der Waals surface area contributed by atoms with E-state index in [1.165, 1.54) is 6.07 Å². The third kappa shape index (κ3) is 3.04. The Bertz CT molecular complexity index is 609. The predicted octanol–water partition coefficient (Wildman–Crippen LogP) is 3.37. The van der Waals surface area contributed by atoms with Crippen molar-refractivity contribution >= 4 is 22.4 Å². The molecule has 0 fully saturated rings. The van der Waals surface area contributed by atoms with Crippen molar-refractivity contribution in [2.24, 2.45) is 5.92 Å². The normalized spacial score (nSPS) is 12.8. The molecule has 2 rings (SSSR count). The van der Waals surface area contributed by atoms with Crippen molar-refractivity contribution in [3.8, 4) is 0 Å². The molecule has 0 aliphatic heterocycles. The second-order valence-electron chi connectivity index (χ2n) is 5.37. The molecule has 20 heavy (non-hydrogen) atoms. The Kier molecular flexibility index (Phi) is 4.16. The highest BCUT2D eigenvalue weighted by Gasteiger charge is 2.20. The van der Waals surface area contributed by atoms with Gasteiger partial charge in [0.15, 0.2) is 5.52 Å². The number of aromatic nitrogens is 2. The van der Waals surface area contributed by atoms with Crippen LogP contribution in [-0.2, 0) is 0 Å². The molecule has 1 unspecified atom stereocenters. The van der Waals surface area contributed by atoms with E-state index in [-0.39, 0.29) is 17.2 Å². The first kappa shape index (κ1) is 14.2. The van der Waals surface area contributed by atoms with Crippen molar-refractivity contribution < 1.29 is 9.55 Å². The molecular weight excluding hydrogens is 260 g/mol. The fraction of sp³-hybridized carbons (Fsp3) is 0.538. The summed E-state index contributed by atoms with van der Waals surface area (Å²) in [6.45, 7) is 6.43. The largest absolute Gasteiger partial charge is 0.381 e. The monoisotopic (exact) mass is 278 g/mol. The van der Waals surface area contributed by atoms with Gasteiger partial charge in [0, 0.05) is 12.1 Å². The number of nitrogens with zero attached hydrogens (tertiary/aromatic N) is 3. The van der Waals surface area contributed by atoms with Crippen LogP contribution in [0.2, 0.25) is 0 Å². The molecule has 1 aromatic heterocycles. The highest BCUT2D eigenvalue weighted by Crippen LogP contribution is 2.29. The maximum atomic E-state index is 10.9. The van der Waals surface area contributed by atoms with Gasteiger partial charge in [-0.2, -0.15) is 0 Å². The minimum atomic E-state index is -0.488. The van der Waals surface area contributed by atoms with Crippen LogP contribution in [0.5, 0.6) is 0 Å². The molecule has 2 aromatic rings. The van der Waals surface area contributed by atoms with E-state index in [0.29, 0.717) is 17.1 Å². The fourth-order valence-corrected chi connectivity index (χ4v) is 2.04. The van der Waals surface area contributed by atoms with Gasteiger partial charge >= 0.3 is 5.69 Å². The number of benzene rings is 1. The summed E-state index contributed by atoms with van der Waals surface area (Å²) in [6, 6.07) is 3.32. The highest BCUT2D eigenvalue weighted by atomic mass is 16.6. The second-order valence-corrected chi connectivity index (χ2v) is 5.37. The first-order valence-corrected chi connectivity index (χ1v) is 6.65. The Morgan fingerprint density at radius 2 is 1.95 bits per heavy atom. The molecule has 0 saturated heterocycles. The van der Waals surface area contributed by atoms with E-state index in [1.807, 2.05) is 0 Å². The van der Waals surface area contributed by atoms with Crippen LogP contribution in [0.25, 0.3) is 11.0 Å². The molecule has 0 saturated carbocycles. The number of anilines is 1. The van der Waals surface area contributed by atoms with E-state index >= 15 is 0 Å². The van der Waals surface area contributed by atoms with Gasteiger partial charge in [-0.25, -0.2) is 4.63 Å². The Labute approximate surface area is 116 Å². The van der Waals surface area contributed by atoms with Crippen molar-refractivity contribution in [3.05, 3.63) is 22.2 Å². The molecule has 1 aromatic carbocycles. The number of rotatable bonds is 6. The van der Waals surface area contributed by atoms with Crippen molar-refractivity contribution in [3.63, 3.8) is 0 Å². The first-order chi connectivity index (χ1) is 9.49. The van der Waals surface area contributed by atoms with Crippen LogP contribution >= 0.6 is 0 Å². The van der Waals surface area contributed by atoms with E-state index < -0.39 is 4.92 Å². The highest BCUT2D eigenvalue weighted by molar-refractivity contribution is 5.93. The standard InChI is InChI=1S/C13H18N4O3/c1-8(2)4-5-9(3)14-10-6-7-11(17(18)19)13-12(10)15-20-16-13/h6-9,14H,4-5H2,1-3H3. The summed E-state index contributed by atoms with van der Waals surface area (Å²) >= 11 is 0. The average molecular weight is 278 g/mol. The van der Waals surface area contributed by atoms with E-state index in [0.717, 1.165) is 12.8 Å². The zero-order valence-electron chi connectivity index (χ0n) is 11.8. The van der Waals surface area contributed by atoms with E-state index in [9.17, 15) is 10.1 Å². The number of fused-ring (bicyclic) bond motifs is 1. The molecule has 0 amide bonds. The lowest BCUT2D eigenvalue weighted by Crippen LogP contribution is -2.16. The molecule has 0 radical (unpaired) electrons. The predicted molar refractivity (Wildman–Crippen MR) is 75.6 cm³/mol. The fourth-order valence-electron chi connectivity index (χ4n) is 2.04. The van der Waals surface area contributed by atoms with Crippen LogP contribution in [-0.4, -0.2) is 21.3 Å². The van der Waals surface area contributed by atoms with Gasteiger partial charge in [-0.15, -0.1) is 0 Å². The van der Waals surface area contributed by atoms with Crippen LogP contribution in [0.3, 0.4) is 0 Å². The van der Waals surface area contributed by atoms with Crippen LogP contribution in [0.15, 0.2) is 16.8 Å². The van der Waals surface area contributed by atoms with Crippen molar-refractivity contribution in [2.75, 3.05) is 5.32 Å². The number of nitro groups is 1. The second kappa shape index (κ2) is 5.85. The summed E-state index contributed by atoms with van der Waals surface area (Å²) in [5.74, 6) is 0.643. The molecule has 1 heterocycles. The zero-order valence-corrected chi connectivity index (χ0v) is 11.8. The minimum absolute atomic E-state index is 0.0957. The van der Waals surface area contributed by atoms with Gasteiger partial charge < -0.3 is 5.32 Å². The molecule has 7 heteroatoms. The van der Waals surface area contributed by atoms with Crippen molar-refractivity contribution in [1.82, 2.24) is 10.3 Å². The molecule has 108 valence electrons. The van der Waals surface area contributed by atoms with E-state index in [1.54, 1.807) is 6.07 Å². The van der Waals surface area contributed by atoms with Crippen molar-refractivity contribution in [1.29, 1.82) is 0 Å². The van der Waals surface area contributed by atoms with Gasteiger partial charge in [0.25, 0.3) is 0 Å². The Hall–Kier alpha value is -2.18. The average Bonchev–Trinajstić information content (AvgIpc) is 2.85. The maximum absolute atomic E-state index is 10.9. The minimum Gasteiger partial charge on any atom is -0.381 e. The number of hydrogen-bond acceptors (Lipinski definition) is 6. The molecule has 0 aliphatic rings.